The van der Waals surface area contributed by atoms with Crippen LogP contribution in [0.5, 0.6) is 0 Å². The van der Waals surface area contributed by atoms with E-state index in [1.807, 2.05) is 6.92 Å². The van der Waals surface area contributed by atoms with E-state index in [1.165, 1.54) is 18.3 Å². The number of sulfone groups is 1. The van der Waals surface area contributed by atoms with E-state index in [0.29, 0.717) is 17.8 Å². The van der Waals surface area contributed by atoms with Crippen LogP contribution < -0.4 is 10.6 Å². The van der Waals surface area contributed by atoms with Crippen molar-refractivity contribution in [3.05, 3.63) is 59.3 Å². The Hall–Kier alpha value is -3.08. The molecule has 170 valence electrons. The first-order valence-electron chi connectivity index (χ1n) is 10.3. The maximum Gasteiger partial charge on any atom is 0.208 e. The second kappa shape index (κ2) is 8.36. The average Bonchev–Trinajstić information content (AvgIpc) is 3.45. The number of pyridine rings is 1. The summed E-state index contributed by atoms with van der Waals surface area (Å²) in [5, 5.41) is 6.52. The number of hydrogen-bond acceptors (Lipinski definition) is 7. The van der Waals surface area contributed by atoms with Crippen LogP contribution in [0, 0.1) is 12.7 Å². The van der Waals surface area contributed by atoms with E-state index in [2.05, 4.69) is 30.6 Å². The van der Waals surface area contributed by atoms with Crippen LogP contribution in [0.2, 0.25) is 5.02 Å². The summed E-state index contributed by atoms with van der Waals surface area (Å²) in [4.78, 5) is 15.7. The summed E-state index contributed by atoms with van der Waals surface area (Å²) in [6.45, 7) is 3.41. The normalized spacial score (nSPS) is 16.4. The van der Waals surface area contributed by atoms with Gasteiger partial charge in [0.1, 0.15) is 10.5 Å². The van der Waals surface area contributed by atoms with Crippen LogP contribution in [0.1, 0.15) is 12.0 Å². The van der Waals surface area contributed by atoms with Gasteiger partial charge in [0, 0.05) is 30.5 Å². The quantitative estimate of drug-likeness (QED) is 0.394. The van der Waals surface area contributed by atoms with Crippen LogP contribution in [-0.2, 0) is 9.84 Å². The molecule has 1 aliphatic heterocycles. The number of aromatic amines is 1. The van der Waals surface area contributed by atoms with E-state index in [9.17, 15) is 12.8 Å². The number of H-pyrrole nitrogens is 1. The predicted molar refractivity (Wildman–Crippen MR) is 124 cm³/mol. The molecular formula is C22H20ClFN6O2S. The molecule has 8 nitrogen and oxygen atoms in total. The number of aromatic nitrogens is 4. The van der Waals surface area contributed by atoms with Gasteiger partial charge in [-0.25, -0.2) is 27.8 Å². The fraction of sp³-hybridized carbons (Fsp3) is 0.227. The lowest BCUT2D eigenvalue weighted by atomic mass is 10.2. The molecule has 11 heteroatoms. The minimum atomic E-state index is -4.00. The lowest BCUT2D eigenvalue weighted by Gasteiger charge is -2.13. The maximum atomic E-state index is 14.4. The van der Waals surface area contributed by atoms with E-state index >= 15 is 0 Å². The Labute approximate surface area is 194 Å². The van der Waals surface area contributed by atoms with E-state index in [-0.39, 0.29) is 37.9 Å². The molecule has 0 aliphatic carbocycles. The largest absolute Gasteiger partial charge is 0.363 e. The lowest BCUT2D eigenvalue weighted by Crippen LogP contribution is -2.23. The van der Waals surface area contributed by atoms with Crippen LogP contribution in [0.25, 0.3) is 22.4 Å². The van der Waals surface area contributed by atoms with E-state index in [0.717, 1.165) is 24.7 Å². The van der Waals surface area contributed by atoms with Gasteiger partial charge in [-0.05, 0) is 32.0 Å². The Kier molecular flexibility index (Phi) is 5.51. The molecule has 3 N–H and O–H groups in total. The van der Waals surface area contributed by atoms with Gasteiger partial charge in [0.25, 0.3) is 0 Å². The fourth-order valence-corrected chi connectivity index (χ4v) is 5.85. The number of fused-ring (bicyclic) bond motifs is 1. The summed E-state index contributed by atoms with van der Waals surface area (Å²) < 4.78 is 41.6. The van der Waals surface area contributed by atoms with E-state index in [1.54, 1.807) is 18.3 Å². The molecular weight excluding hydrogens is 467 g/mol. The van der Waals surface area contributed by atoms with Crippen molar-refractivity contribution < 1.29 is 12.8 Å². The van der Waals surface area contributed by atoms with Crippen LogP contribution in [0.4, 0.5) is 10.2 Å². The van der Waals surface area contributed by atoms with Gasteiger partial charge in [-0.2, -0.15) is 0 Å². The molecule has 1 fully saturated rings. The van der Waals surface area contributed by atoms with Gasteiger partial charge in [0.05, 0.1) is 21.5 Å². The summed E-state index contributed by atoms with van der Waals surface area (Å²) in [6, 6.07) is 6.54. The first kappa shape index (κ1) is 21.7. The van der Waals surface area contributed by atoms with Crippen molar-refractivity contribution in [2.45, 2.75) is 29.2 Å². The first-order chi connectivity index (χ1) is 15.8. The number of benzene rings is 1. The van der Waals surface area contributed by atoms with Gasteiger partial charge >= 0.3 is 0 Å². The van der Waals surface area contributed by atoms with Crippen molar-refractivity contribution in [2.75, 3.05) is 18.4 Å². The zero-order chi connectivity index (χ0) is 23.2. The molecule has 0 bridgehead atoms. The van der Waals surface area contributed by atoms with Gasteiger partial charge < -0.3 is 15.6 Å². The topological polar surface area (TPSA) is 113 Å². The van der Waals surface area contributed by atoms with Crippen molar-refractivity contribution in [3.63, 3.8) is 0 Å². The Bertz CT molecular complexity index is 1450. The monoisotopic (exact) mass is 486 g/mol. The third-order valence-electron chi connectivity index (χ3n) is 5.60. The zero-order valence-electron chi connectivity index (χ0n) is 17.6. The molecule has 0 saturated carbocycles. The molecule has 5 rings (SSSR count). The van der Waals surface area contributed by atoms with Gasteiger partial charge in [-0.3, -0.25) is 0 Å². The Morgan fingerprint density at radius 1 is 1.18 bits per heavy atom. The lowest BCUT2D eigenvalue weighted by molar-refractivity contribution is 0.597. The summed E-state index contributed by atoms with van der Waals surface area (Å²) in [6.07, 6.45) is 4.75. The molecule has 33 heavy (non-hydrogen) atoms. The zero-order valence-corrected chi connectivity index (χ0v) is 19.1. The third kappa shape index (κ3) is 3.94. The predicted octanol–water partition coefficient (Wildman–Crippen LogP) is 3.73. The molecule has 1 saturated heterocycles. The van der Waals surface area contributed by atoms with Crippen LogP contribution in [0.3, 0.4) is 0 Å². The SMILES string of the molecule is Cc1ccc(S(=O)(=O)c2c(Cl)cnc3[nH]cc(-c4ncc(F)c(N[C@H]5CCNC5)n4)c23)cc1. The van der Waals surface area contributed by atoms with Crippen LogP contribution >= 0.6 is 11.6 Å². The molecule has 0 radical (unpaired) electrons. The van der Waals surface area contributed by atoms with Crippen molar-refractivity contribution in [1.29, 1.82) is 0 Å². The highest BCUT2D eigenvalue weighted by Gasteiger charge is 2.28. The average molecular weight is 487 g/mol. The summed E-state index contributed by atoms with van der Waals surface area (Å²) in [5.74, 6) is -0.379. The number of nitrogens with zero attached hydrogens (tertiary/aromatic N) is 3. The van der Waals surface area contributed by atoms with Crippen molar-refractivity contribution >= 4 is 38.3 Å². The molecule has 0 unspecified atom stereocenters. The molecule has 1 aromatic carbocycles. The van der Waals surface area contributed by atoms with Crippen molar-refractivity contribution in [2.24, 2.45) is 0 Å². The maximum absolute atomic E-state index is 14.4. The molecule has 3 aromatic heterocycles. The second-order valence-electron chi connectivity index (χ2n) is 7.90. The first-order valence-corrected chi connectivity index (χ1v) is 12.2. The smallest absolute Gasteiger partial charge is 0.208 e. The Morgan fingerprint density at radius 2 is 1.97 bits per heavy atom. The highest BCUT2D eigenvalue weighted by atomic mass is 35.5. The molecule has 0 amide bonds. The number of nitrogens with one attached hydrogen (secondary N) is 3. The molecule has 4 aromatic rings. The highest BCUT2D eigenvalue weighted by molar-refractivity contribution is 7.91. The van der Waals surface area contributed by atoms with E-state index < -0.39 is 15.7 Å². The molecule has 4 heterocycles. The van der Waals surface area contributed by atoms with Crippen LogP contribution in [0.15, 0.2) is 52.6 Å². The van der Waals surface area contributed by atoms with Gasteiger partial charge in [-0.1, -0.05) is 29.3 Å². The number of aryl methyl sites for hydroxylation is 1. The number of hydrogen-bond donors (Lipinski definition) is 3. The minimum Gasteiger partial charge on any atom is -0.363 e. The molecule has 0 spiro atoms. The van der Waals surface area contributed by atoms with Crippen molar-refractivity contribution in [3.8, 4) is 11.4 Å². The summed E-state index contributed by atoms with van der Waals surface area (Å²) >= 11 is 6.38. The van der Waals surface area contributed by atoms with Crippen molar-refractivity contribution in [1.82, 2.24) is 25.3 Å². The van der Waals surface area contributed by atoms with Gasteiger partial charge in [-0.15, -0.1) is 0 Å². The van der Waals surface area contributed by atoms with Gasteiger partial charge in [0.2, 0.25) is 9.84 Å². The molecule has 1 aliphatic rings. The minimum absolute atomic E-state index is 0.0265. The third-order valence-corrected chi connectivity index (χ3v) is 7.85. The number of anilines is 1. The second-order valence-corrected chi connectivity index (χ2v) is 10.2. The van der Waals surface area contributed by atoms with Gasteiger partial charge in [0.15, 0.2) is 17.5 Å². The Morgan fingerprint density at radius 3 is 2.70 bits per heavy atom. The van der Waals surface area contributed by atoms with E-state index in [4.69, 9.17) is 11.6 Å². The number of halogens is 2. The summed E-state index contributed by atoms with van der Waals surface area (Å²) in [5.41, 5.74) is 1.60. The Balaban J connectivity index is 1.67. The standard InChI is InChI=1S/C22H20ClFN6O2S/c1-12-2-4-14(5-3-12)33(31,32)19-16(23)10-27-22-18(19)15(9-26-22)20-28-11-17(24)21(30-20)29-13-6-7-25-8-13/h2-5,9-11,13,25H,6-8H2,1H3,(H,26,27)(H,28,29,30)/t13-/m0/s1. The highest BCUT2D eigenvalue weighted by Crippen LogP contribution is 2.38. The van der Waals surface area contributed by atoms with Crippen LogP contribution in [-0.4, -0.2) is 47.5 Å². The fourth-order valence-electron chi connectivity index (χ4n) is 3.89. The summed E-state index contributed by atoms with van der Waals surface area (Å²) in [7, 11) is -4.00. The number of rotatable bonds is 5. The molecule has 1 atom stereocenters.